The van der Waals surface area contributed by atoms with E-state index in [4.69, 9.17) is 11.6 Å². The van der Waals surface area contributed by atoms with Crippen molar-refractivity contribution in [1.29, 1.82) is 0 Å². The summed E-state index contributed by atoms with van der Waals surface area (Å²) in [6, 6.07) is 12.6. The molecule has 1 aromatic carbocycles. The lowest BCUT2D eigenvalue weighted by Crippen LogP contribution is -2.46. The quantitative estimate of drug-likeness (QED) is 0.848. The zero-order valence-electron chi connectivity index (χ0n) is 14.5. The zero-order valence-corrected chi connectivity index (χ0v) is 15.2. The Morgan fingerprint density at radius 2 is 1.88 bits per heavy atom. The molecule has 2 aromatic rings. The van der Waals surface area contributed by atoms with Crippen molar-refractivity contribution in [2.24, 2.45) is 0 Å². The Bertz CT molecular complexity index is 767. The molecule has 0 unspecified atom stereocenters. The lowest BCUT2D eigenvalue weighted by Gasteiger charge is -2.30. The van der Waals surface area contributed by atoms with E-state index in [9.17, 15) is 9.59 Å². The number of halogens is 1. The summed E-state index contributed by atoms with van der Waals surface area (Å²) in [4.78, 5) is 28.8. The molecule has 1 aromatic heterocycles. The zero-order chi connectivity index (χ0) is 18.4. The fraction of sp³-hybridized carbons (Fsp3) is 0.350. The van der Waals surface area contributed by atoms with Gasteiger partial charge in [0.1, 0.15) is 0 Å². The van der Waals surface area contributed by atoms with Crippen molar-refractivity contribution in [2.75, 3.05) is 0 Å². The summed E-state index contributed by atoms with van der Waals surface area (Å²) >= 11 is 5.95. The highest BCUT2D eigenvalue weighted by Gasteiger charge is 2.25. The molecule has 1 aliphatic rings. The molecule has 2 N–H and O–H groups in total. The molecular weight excluding hydrogens is 350 g/mol. The van der Waals surface area contributed by atoms with Crippen LogP contribution in [0, 0.1) is 0 Å². The second-order valence-corrected chi connectivity index (χ2v) is 7.05. The second kappa shape index (κ2) is 8.81. The van der Waals surface area contributed by atoms with Crippen LogP contribution in [0.2, 0.25) is 5.02 Å². The van der Waals surface area contributed by atoms with Crippen LogP contribution in [-0.2, 0) is 11.2 Å². The van der Waals surface area contributed by atoms with Crippen molar-refractivity contribution in [3.63, 3.8) is 0 Å². The molecule has 5 nitrogen and oxygen atoms in total. The summed E-state index contributed by atoms with van der Waals surface area (Å²) in [6.07, 6.45) is 5.51. The number of carbonyl (C=O) groups excluding carboxylic acids is 2. The fourth-order valence-electron chi connectivity index (χ4n) is 3.30. The largest absolute Gasteiger partial charge is 0.353 e. The lowest BCUT2D eigenvalue weighted by molar-refractivity contribution is -0.121. The first kappa shape index (κ1) is 18.4. The SMILES string of the molecule is O=C(Cc1ccccn1)N[C@@H]1CCC[C@@H](NC(=O)c2cccc(Cl)c2)C1. The maximum atomic E-state index is 12.4. The molecule has 3 rings (SSSR count). The van der Waals surface area contributed by atoms with Crippen molar-refractivity contribution in [1.82, 2.24) is 15.6 Å². The predicted molar refractivity (Wildman–Crippen MR) is 101 cm³/mol. The van der Waals surface area contributed by atoms with Crippen molar-refractivity contribution < 1.29 is 9.59 Å². The Labute approximate surface area is 158 Å². The average molecular weight is 372 g/mol. The first-order valence-corrected chi connectivity index (χ1v) is 9.23. The number of amides is 2. The molecule has 26 heavy (non-hydrogen) atoms. The van der Waals surface area contributed by atoms with Crippen LogP contribution in [0.3, 0.4) is 0 Å². The number of pyridine rings is 1. The minimum atomic E-state index is -0.127. The van der Waals surface area contributed by atoms with Gasteiger partial charge < -0.3 is 10.6 Å². The Balaban J connectivity index is 1.51. The van der Waals surface area contributed by atoms with E-state index >= 15 is 0 Å². The van der Waals surface area contributed by atoms with E-state index in [-0.39, 0.29) is 30.3 Å². The molecule has 0 aliphatic heterocycles. The van der Waals surface area contributed by atoms with Crippen LogP contribution < -0.4 is 10.6 Å². The van der Waals surface area contributed by atoms with Crippen LogP contribution in [0.5, 0.6) is 0 Å². The molecule has 1 aliphatic carbocycles. The highest BCUT2D eigenvalue weighted by molar-refractivity contribution is 6.30. The smallest absolute Gasteiger partial charge is 0.251 e. The second-order valence-electron chi connectivity index (χ2n) is 6.61. The molecule has 0 spiro atoms. The number of hydrogen-bond donors (Lipinski definition) is 2. The molecule has 1 heterocycles. The van der Waals surface area contributed by atoms with Gasteiger partial charge >= 0.3 is 0 Å². The van der Waals surface area contributed by atoms with Gasteiger partial charge in [0.25, 0.3) is 5.91 Å². The van der Waals surface area contributed by atoms with Crippen molar-refractivity contribution in [3.8, 4) is 0 Å². The van der Waals surface area contributed by atoms with Gasteiger partial charge in [-0.05, 0) is 56.0 Å². The van der Waals surface area contributed by atoms with Crippen molar-refractivity contribution in [2.45, 2.75) is 44.2 Å². The lowest BCUT2D eigenvalue weighted by atomic mass is 9.90. The minimum Gasteiger partial charge on any atom is -0.353 e. The summed E-state index contributed by atoms with van der Waals surface area (Å²) in [5, 5.41) is 6.66. The minimum absolute atomic E-state index is 0.0319. The number of hydrogen-bond acceptors (Lipinski definition) is 3. The number of nitrogens with zero attached hydrogens (tertiary/aromatic N) is 1. The maximum Gasteiger partial charge on any atom is 0.251 e. The standard InChI is InChI=1S/C20H22ClN3O2/c21-15-6-3-5-14(11-15)20(26)24-18-9-4-8-17(12-18)23-19(25)13-16-7-1-2-10-22-16/h1-3,5-7,10-11,17-18H,4,8-9,12-13H2,(H,23,25)(H,24,26)/t17-,18-/m1/s1. The molecule has 1 saturated carbocycles. The van der Waals surface area contributed by atoms with Crippen LogP contribution in [-0.4, -0.2) is 28.9 Å². The van der Waals surface area contributed by atoms with E-state index in [1.807, 2.05) is 18.2 Å². The van der Waals surface area contributed by atoms with E-state index in [0.29, 0.717) is 10.6 Å². The Morgan fingerprint density at radius 3 is 2.62 bits per heavy atom. The number of benzene rings is 1. The topological polar surface area (TPSA) is 71.1 Å². The highest BCUT2D eigenvalue weighted by Crippen LogP contribution is 2.20. The molecule has 1 fully saturated rings. The molecule has 0 saturated heterocycles. The van der Waals surface area contributed by atoms with Crippen molar-refractivity contribution >= 4 is 23.4 Å². The monoisotopic (exact) mass is 371 g/mol. The van der Waals surface area contributed by atoms with Crippen LogP contribution in [0.15, 0.2) is 48.7 Å². The molecule has 0 radical (unpaired) electrons. The van der Waals surface area contributed by atoms with E-state index in [1.165, 1.54) is 0 Å². The molecule has 0 bridgehead atoms. The van der Waals surface area contributed by atoms with Crippen LogP contribution >= 0.6 is 11.6 Å². The van der Waals surface area contributed by atoms with Crippen molar-refractivity contribution in [3.05, 3.63) is 64.9 Å². The fourth-order valence-corrected chi connectivity index (χ4v) is 3.49. The third-order valence-corrected chi connectivity index (χ3v) is 4.76. The van der Waals surface area contributed by atoms with Gasteiger partial charge in [0.15, 0.2) is 0 Å². The number of rotatable bonds is 5. The van der Waals surface area contributed by atoms with Gasteiger partial charge in [0, 0.05) is 34.6 Å². The van der Waals surface area contributed by atoms with E-state index in [2.05, 4.69) is 15.6 Å². The number of nitrogens with one attached hydrogen (secondary N) is 2. The van der Waals surface area contributed by atoms with Crippen LogP contribution in [0.25, 0.3) is 0 Å². The Hall–Kier alpha value is -2.40. The molecule has 2 amide bonds. The molecular formula is C20H22ClN3O2. The molecule has 136 valence electrons. The number of carbonyl (C=O) groups is 2. The average Bonchev–Trinajstić information content (AvgIpc) is 2.62. The summed E-state index contributed by atoms with van der Waals surface area (Å²) in [5.74, 6) is -0.159. The van der Waals surface area contributed by atoms with Crippen LogP contribution in [0.4, 0.5) is 0 Å². The molecule has 6 heteroatoms. The summed E-state index contributed by atoms with van der Waals surface area (Å²) in [7, 11) is 0. The van der Waals surface area contributed by atoms with Gasteiger partial charge in [-0.3, -0.25) is 14.6 Å². The third kappa shape index (κ3) is 5.30. The summed E-state index contributed by atoms with van der Waals surface area (Å²) < 4.78 is 0. The van der Waals surface area contributed by atoms with Gasteiger partial charge in [-0.25, -0.2) is 0 Å². The predicted octanol–water partition coefficient (Wildman–Crippen LogP) is 3.13. The van der Waals surface area contributed by atoms with E-state index in [1.54, 1.807) is 30.5 Å². The van der Waals surface area contributed by atoms with E-state index < -0.39 is 0 Å². The highest BCUT2D eigenvalue weighted by atomic mass is 35.5. The Kier molecular flexibility index (Phi) is 6.23. The summed E-state index contributed by atoms with van der Waals surface area (Å²) in [5.41, 5.74) is 1.31. The van der Waals surface area contributed by atoms with Crippen LogP contribution in [0.1, 0.15) is 41.7 Å². The third-order valence-electron chi connectivity index (χ3n) is 4.53. The van der Waals surface area contributed by atoms with E-state index in [0.717, 1.165) is 31.4 Å². The Morgan fingerprint density at radius 1 is 1.08 bits per heavy atom. The summed E-state index contributed by atoms with van der Waals surface area (Å²) in [6.45, 7) is 0. The van der Waals surface area contributed by atoms with Gasteiger partial charge in [-0.1, -0.05) is 23.7 Å². The number of aromatic nitrogens is 1. The molecule has 2 atom stereocenters. The first-order chi connectivity index (χ1) is 12.6. The maximum absolute atomic E-state index is 12.4. The van der Waals surface area contributed by atoms with Gasteiger partial charge in [0.2, 0.25) is 5.91 Å². The van der Waals surface area contributed by atoms with Gasteiger partial charge in [0.05, 0.1) is 6.42 Å². The normalized spacial score (nSPS) is 19.6. The first-order valence-electron chi connectivity index (χ1n) is 8.86. The van der Waals surface area contributed by atoms with Gasteiger partial charge in [-0.15, -0.1) is 0 Å². The van der Waals surface area contributed by atoms with Gasteiger partial charge in [-0.2, -0.15) is 0 Å².